The second-order valence-electron chi connectivity index (χ2n) is 8.14. The summed E-state index contributed by atoms with van der Waals surface area (Å²) in [4.78, 5) is 17.3. The van der Waals surface area contributed by atoms with Gasteiger partial charge in [0.05, 0.1) is 23.6 Å². The number of para-hydroxylation sites is 2. The fourth-order valence-corrected chi connectivity index (χ4v) is 5.96. The van der Waals surface area contributed by atoms with Crippen LogP contribution in [0.15, 0.2) is 53.4 Å². The number of piperidine rings is 1. The summed E-state index contributed by atoms with van der Waals surface area (Å²) in [6.07, 6.45) is 1.29. The molecule has 2 aliphatic rings. The highest BCUT2D eigenvalue weighted by Gasteiger charge is 2.36. The molecule has 2 aliphatic heterocycles. The van der Waals surface area contributed by atoms with Crippen LogP contribution in [0.1, 0.15) is 12.8 Å². The van der Waals surface area contributed by atoms with Gasteiger partial charge >= 0.3 is 0 Å². The third-order valence-corrected chi connectivity index (χ3v) is 8.08. The maximum absolute atomic E-state index is 13.2. The van der Waals surface area contributed by atoms with Crippen molar-refractivity contribution in [3.05, 3.63) is 54.3 Å². The molecule has 2 aromatic carbocycles. The van der Waals surface area contributed by atoms with E-state index in [2.05, 4.69) is 4.90 Å². The first-order valence-electron chi connectivity index (χ1n) is 10.8. The van der Waals surface area contributed by atoms with Gasteiger partial charge < -0.3 is 14.5 Å². The molecular formula is C23H28FN3O4S. The SMILES string of the molecule is COc1ccccc1N1CCN(C(=O)[C@H]2CCCN(S(=O)(=O)c3ccc(F)cc3)C2)CC1. The highest BCUT2D eigenvalue weighted by molar-refractivity contribution is 7.89. The molecule has 0 N–H and O–H groups in total. The summed E-state index contributed by atoms with van der Waals surface area (Å²) in [5.41, 5.74) is 1.01. The predicted octanol–water partition coefficient (Wildman–Crippen LogP) is 2.58. The van der Waals surface area contributed by atoms with Crippen molar-refractivity contribution in [2.45, 2.75) is 17.7 Å². The van der Waals surface area contributed by atoms with Crippen LogP contribution in [0.3, 0.4) is 0 Å². The van der Waals surface area contributed by atoms with Gasteiger partial charge in [0, 0.05) is 39.3 Å². The number of halogens is 1. The lowest BCUT2D eigenvalue weighted by Crippen LogP contribution is -2.53. The molecule has 0 bridgehead atoms. The van der Waals surface area contributed by atoms with Crippen LogP contribution in [0.25, 0.3) is 0 Å². The molecule has 7 nitrogen and oxygen atoms in total. The number of hydrogen-bond acceptors (Lipinski definition) is 5. The van der Waals surface area contributed by atoms with Crippen molar-refractivity contribution in [1.29, 1.82) is 0 Å². The number of piperazine rings is 1. The lowest BCUT2D eigenvalue weighted by Gasteiger charge is -2.39. The van der Waals surface area contributed by atoms with Crippen LogP contribution in [-0.4, -0.2) is 69.9 Å². The van der Waals surface area contributed by atoms with Gasteiger partial charge in [-0.15, -0.1) is 0 Å². The number of nitrogens with zero attached hydrogens (tertiary/aromatic N) is 3. The minimum atomic E-state index is -3.75. The normalized spacial score (nSPS) is 20.2. The second-order valence-corrected chi connectivity index (χ2v) is 10.1. The number of anilines is 1. The van der Waals surface area contributed by atoms with E-state index in [1.54, 1.807) is 7.11 Å². The van der Waals surface area contributed by atoms with Gasteiger partial charge in [-0.2, -0.15) is 4.31 Å². The molecule has 0 saturated carbocycles. The molecule has 4 rings (SSSR count). The molecule has 0 radical (unpaired) electrons. The number of benzene rings is 2. The van der Waals surface area contributed by atoms with Crippen LogP contribution in [0, 0.1) is 11.7 Å². The van der Waals surface area contributed by atoms with E-state index in [1.165, 1.54) is 16.4 Å². The molecule has 0 aliphatic carbocycles. The number of amides is 1. The van der Waals surface area contributed by atoms with Crippen LogP contribution in [0.4, 0.5) is 10.1 Å². The number of carbonyl (C=O) groups is 1. The maximum atomic E-state index is 13.2. The Hall–Kier alpha value is -2.65. The summed E-state index contributed by atoms with van der Waals surface area (Å²) in [7, 11) is -2.11. The average molecular weight is 462 g/mol. The Morgan fingerprint density at radius 2 is 1.69 bits per heavy atom. The fraction of sp³-hybridized carbons (Fsp3) is 0.435. The summed E-state index contributed by atoms with van der Waals surface area (Å²) < 4.78 is 45.9. The summed E-state index contributed by atoms with van der Waals surface area (Å²) in [6, 6.07) is 12.6. The van der Waals surface area contributed by atoms with E-state index in [0.717, 1.165) is 23.6 Å². The van der Waals surface area contributed by atoms with Crippen LogP contribution in [0.2, 0.25) is 0 Å². The van der Waals surface area contributed by atoms with Gasteiger partial charge in [0.2, 0.25) is 15.9 Å². The zero-order chi connectivity index (χ0) is 22.7. The summed E-state index contributed by atoms with van der Waals surface area (Å²) in [6.45, 7) is 3.07. The van der Waals surface area contributed by atoms with E-state index < -0.39 is 15.8 Å². The van der Waals surface area contributed by atoms with Crippen molar-refractivity contribution >= 4 is 21.6 Å². The Labute approximate surface area is 188 Å². The number of carbonyl (C=O) groups excluding carboxylic acids is 1. The Morgan fingerprint density at radius 1 is 1.00 bits per heavy atom. The molecule has 2 aromatic rings. The predicted molar refractivity (Wildman–Crippen MR) is 120 cm³/mol. The zero-order valence-corrected chi connectivity index (χ0v) is 18.9. The van der Waals surface area contributed by atoms with Crippen molar-refractivity contribution in [3.8, 4) is 5.75 Å². The molecular weight excluding hydrogens is 433 g/mol. The van der Waals surface area contributed by atoms with Crippen molar-refractivity contribution in [3.63, 3.8) is 0 Å². The molecule has 1 amide bonds. The largest absolute Gasteiger partial charge is 0.495 e. The smallest absolute Gasteiger partial charge is 0.243 e. The van der Waals surface area contributed by atoms with Crippen molar-refractivity contribution < 1.29 is 22.3 Å². The van der Waals surface area contributed by atoms with Gasteiger partial charge in [0.1, 0.15) is 11.6 Å². The van der Waals surface area contributed by atoms with E-state index >= 15 is 0 Å². The monoisotopic (exact) mass is 461 g/mol. The minimum absolute atomic E-state index is 0.00341. The van der Waals surface area contributed by atoms with Crippen molar-refractivity contribution in [2.75, 3.05) is 51.3 Å². The quantitative estimate of drug-likeness (QED) is 0.685. The van der Waals surface area contributed by atoms with E-state index in [0.29, 0.717) is 45.6 Å². The molecule has 32 heavy (non-hydrogen) atoms. The lowest BCUT2D eigenvalue weighted by atomic mass is 9.97. The Kier molecular flexibility index (Phi) is 6.66. The fourth-order valence-electron chi connectivity index (χ4n) is 4.43. The topological polar surface area (TPSA) is 70.2 Å². The summed E-state index contributed by atoms with van der Waals surface area (Å²) in [5, 5.41) is 0. The molecule has 2 saturated heterocycles. The molecule has 0 spiro atoms. The molecule has 172 valence electrons. The van der Waals surface area contributed by atoms with E-state index in [1.807, 2.05) is 29.2 Å². The van der Waals surface area contributed by atoms with Crippen LogP contribution < -0.4 is 9.64 Å². The molecule has 9 heteroatoms. The Bertz CT molecular complexity index is 1050. The highest BCUT2D eigenvalue weighted by atomic mass is 32.2. The van der Waals surface area contributed by atoms with Crippen molar-refractivity contribution in [1.82, 2.24) is 9.21 Å². The van der Waals surface area contributed by atoms with E-state index in [4.69, 9.17) is 4.74 Å². The standard InChI is InChI=1S/C23H28FN3O4S/c1-31-22-7-3-2-6-21(22)25-13-15-26(16-14-25)23(28)18-5-4-12-27(17-18)32(29,30)20-10-8-19(24)9-11-20/h2-3,6-11,18H,4-5,12-17H2,1H3/t18-/m0/s1. The third kappa shape index (κ3) is 4.59. The summed E-state index contributed by atoms with van der Waals surface area (Å²) in [5.74, 6) is -0.0374. The average Bonchev–Trinajstić information content (AvgIpc) is 2.84. The van der Waals surface area contributed by atoms with Gasteiger partial charge in [-0.1, -0.05) is 12.1 Å². The first-order chi connectivity index (χ1) is 15.4. The van der Waals surface area contributed by atoms with E-state index in [9.17, 15) is 17.6 Å². The number of sulfonamides is 1. The van der Waals surface area contributed by atoms with Gasteiger partial charge in [0.15, 0.2) is 0 Å². The summed E-state index contributed by atoms with van der Waals surface area (Å²) >= 11 is 0. The van der Waals surface area contributed by atoms with Crippen LogP contribution >= 0.6 is 0 Å². The highest BCUT2D eigenvalue weighted by Crippen LogP contribution is 2.29. The number of hydrogen-bond donors (Lipinski definition) is 0. The number of ether oxygens (including phenoxy) is 1. The van der Waals surface area contributed by atoms with Gasteiger partial charge in [-0.25, -0.2) is 12.8 Å². The van der Waals surface area contributed by atoms with Crippen molar-refractivity contribution in [2.24, 2.45) is 5.92 Å². The zero-order valence-electron chi connectivity index (χ0n) is 18.1. The molecule has 0 aromatic heterocycles. The van der Waals surface area contributed by atoms with Gasteiger partial charge in [-0.3, -0.25) is 4.79 Å². The first-order valence-corrected chi connectivity index (χ1v) is 12.3. The van der Waals surface area contributed by atoms with Gasteiger partial charge in [0.25, 0.3) is 0 Å². The maximum Gasteiger partial charge on any atom is 0.243 e. The Balaban J connectivity index is 1.39. The third-order valence-electron chi connectivity index (χ3n) is 6.20. The first kappa shape index (κ1) is 22.5. The molecule has 1 atom stereocenters. The molecule has 2 heterocycles. The second kappa shape index (κ2) is 9.46. The van der Waals surface area contributed by atoms with Gasteiger partial charge in [-0.05, 0) is 49.2 Å². The molecule has 2 fully saturated rings. The lowest BCUT2D eigenvalue weighted by molar-refractivity contribution is -0.137. The van der Waals surface area contributed by atoms with Crippen LogP contribution in [0.5, 0.6) is 5.75 Å². The van der Waals surface area contributed by atoms with E-state index in [-0.39, 0.29) is 23.3 Å². The van der Waals surface area contributed by atoms with Crippen LogP contribution in [-0.2, 0) is 14.8 Å². The number of methoxy groups -OCH3 is 1. The minimum Gasteiger partial charge on any atom is -0.495 e. The Morgan fingerprint density at radius 3 is 2.38 bits per heavy atom. The molecule has 0 unspecified atom stereocenters. The number of rotatable bonds is 5.